The van der Waals surface area contributed by atoms with Gasteiger partial charge in [0.05, 0.1) is 12.5 Å². The zero-order chi connectivity index (χ0) is 11.6. The Morgan fingerprint density at radius 1 is 1.25 bits per heavy atom. The van der Waals surface area contributed by atoms with E-state index in [4.69, 9.17) is 4.74 Å². The number of halogens is 1. The van der Waals surface area contributed by atoms with E-state index in [0.717, 1.165) is 35.7 Å². The molecule has 0 N–H and O–H groups in total. The summed E-state index contributed by atoms with van der Waals surface area (Å²) in [5.74, 6) is -0.0904. The van der Waals surface area contributed by atoms with Crippen LogP contribution in [0.15, 0.2) is 28.7 Å². The SMILES string of the molecule is COC(=O)C1(c2ccc(Br)cc2)CCCC1. The first-order valence-electron chi connectivity index (χ1n) is 5.53. The smallest absolute Gasteiger partial charge is 0.316 e. The number of esters is 1. The highest BCUT2D eigenvalue weighted by molar-refractivity contribution is 9.10. The molecular weight excluding hydrogens is 268 g/mol. The van der Waals surface area contributed by atoms with Gasteiger partial charge in [-0.2, -0.15) is 0 Å². The fraction of sp³-hybridized carbons (Fsp3) is 0.462. The van der Waals surface area contributed by atoms with Crippen molar-refractivity contribution in [3.8, 4) is 0 Å². The van der Waals surface area contributed by atoms with Crippen molar-refractivity contribution >= 4 is 21.9 Å². The van der Waals surface area contributed by atoms with Crippen LogP contribution in [0.4, 0.5) is 0 Å². The van der Waals surface area contributed by atoms with Crippen molar-refractivity contribution < 1.29 is 9.53 Å². The van der Waals surface area contributed by atoms with Gasteiger partial charge in [0.2, 0.25) is 0 Å². The number of rotatable bonds is 2. The monoisotopic (exact) mass is 282 g/mol. The molecule has 2 rings (SSSR count). The molecule has 1 saturated carbocycles. The van der Waals surface area contributed by atoms with Gasteiger partial charge in [-0.1, -0.05) is 40.9 Å². The van der Waals surface area contributed by atoms with E-state index in [0.29, 0.717) is 0 Å². The molecule has 1 fully saturated rings. The Hall–Kier alpha value is -0.830. The van der Waals surface area contributed by atoms with Crippen LogP contribution in [0.3, 0.4) is 0 Å². The van der Waals surface area contributed by atoms with Crippen molar-refractivity contribution in [1.29, 1.82) is 0 Å². The van der Waals surface area contributed by atoms with Crippen molar-refractivity contribution in [2.24, 2.45) is 0 Å². The fourth-order valence-corrected chi connectivity index (χ4v) is 2.82. The lowest BCUT2D eigenvalue weighted by molar-refractivity contribution is -0.147. The van der Waals surface area contributed by atoms with Crippen LogP contribution >= 0.6 is 15.9 Å². The molecular formula is C13H15BrO2. The average Bonchev–Trinajstić information content (AvgIpc) is 2.79. The van der Waals surface area contributed by atoms with E-state index >= 15 is 0 Å². The molecule has 0 bridgehead atoms. The third kappa shape index (κ3) is 1.88. The number of benzene rings is 1. The van der Waals surface area contributed by atoms with Gasteiger partial charge in [-0.3, -0.25) is 4.79 Å². The van der Waals surface area contributed by atoms with Crippen LogP contribution < -0.4 is 0 Å². The second kappa shape index (κ2) is 4.58. The van der Waals surface area contributed by atoms with E-state index in [9.17, 15) is 4.79 Å². The molecule has 0 aromatic heterocycles. The highest BCUT2D eigenvalue weighted by Gasteiger charge is 2.43. The Morgan fingerprint density at radius 2 is 1.81 bits per heavy atom. The normalized spacial score (nSPS) is 18.4. The zero-order valence-corrected chi connectivity index (χ0v) is 10.9. The summed E-state index contributed by atoms with van der Waals surface area (Å²) in [6.07, 6.45) is 4.01. The molecule has 3 heteroatoms. The summed E-state index contributed by atoms with van der Waals surface area (Å²) in [6.45, 7) is 0. The molecule has 0 aliphatic heterocycles. The van der Waals surface area contributed by atoms with Gasteiger partial charge in [0.1, 0.15) is 0 Å². The maximum atomic E-state index is 12.0. The minimum atomic E-state index is -0.393. The maximum absolute atomic E-state index is 12.0. The Morgan fingerprint density at radius 3 is 2.31 bits per heavy atom. The molecule has 0 heterocycles. The third-order valence-electron chi connectivity index (χ3n) is 3.43. The van der Waals surface area contributed by atoms with Crippen molar-refractivity contribution in [2.75, 3.05) is 7.11 Å². The van der Waals surface area contributed by atoms with Crippen LogP contribution in [-0.4, -0.2) is 13.1 Å². The van der Waals surface area contributed by atoms with E-state index in [-0.39, 0.29) is 5.97 Å². The Kier molecular flexibility index (Phi) is 3.33. The van der Waals surface area contributed by atoms with Crippen molar-refractivity contribution in [2.45, 2.75) is 31.1 Å². The highest BCUT2D eigenvalue weighted by atomic mass is 79.9. The van der Waals surface area contributed by atoms with Gasteiger partial charge in [-0.15, -0.1) is 0 Å². The Bertz CT molecular complexity index is 377. The molecule has 0 atom stereocenters. The van der Waals surface area contributed by atoms with E-state index in [2.05, 4.69) is 15.9 Å². The van der Waals surface area contributed by atoms with Crippen LogP contribution in [0.1, 0.15) is 31.2 Å². The first kappa shape index (κ1) is 11.6. The maximum Gasteiger partial charge on any atom is 0.316 e. The molecule has 1 aliphatic rings. The summed E-state index contributed by atoms with van der Waals surface area (Å²) in [4.78, 5) is 12.0. The van der Waals surface area contributed by atoms with E-state index in [1.807, 2.05) is 24.3 Å². The quantitative estimate of drug-likeness (QED) is 0.777. The van der Waals surface area contributed by atoms with Gasteiger partial charge < -0.3 is 4.74 Å². The summed E-state index contributed by atoms with van der Waals surface area (Å²) < 4.78 is 6.01. The number of methoxy groups -OCH3 is 1. The lowest BCUT2D eigenvalue weighted by atomic mass is 9.79. The first-order chi connectivity index (χ1) is 7.69. The fourth-order valence-electron chi connectivity index (χ4n) is 2.55. The second-order valence-corrected chi connectivity index (χ2v) is 5.20. The lowest BCUT2D eigenvalue weighted by Crippen LogP contribution is -2.33. The summed E-state index contributed by atoms with van der Waals surface area (Å²) >= 11 is 3.41. The molecule has 1 aromatic rings. The van der Waals surface area contributed by atoms with Gasteiger partial charge in [0.15, 0.2) is 0 Å². The summed E-state index contributed by atoms with van der Waals surface area (Å²) in [7, 11) is 1.47. The van der Waals surface area contributed by atoms with Gasteiger partial charge in [0.25, 0.3) is 0 Å². The third-order valence-corrected chi connectivity index (χ3v) is 3.96. The molecule has 0 saturated heterocycles. The lowest BCUT2D eigenvalue weighted by Gasteiger charge is -2.26. The number of carbonyl (C=O) groups excluding carboxylic acids is 1. The van der Waals surface area contributed by atoms with Crippen LogP contribution in [0, 0.1) is 0 Å². The molecule has 0 amide bonds. The van der Waals surface area contributed by atoms with Gasteiger partial charge in [-0.25, -0.2) is 0 Å². The predicted molar refractivity (Wildman–Crippen MR) is 66.3 cm³/mol. The highest BCUT2D eigenvalue weighted by Crippen LogP contribution is 2.42. The number of hydrogen-bond donors (Lipinski definition) is 0. The number of carbonyl (C=O) groups is 1. The largest absolute Gasteiger partial charge is 0.468 e. The minimum absolute atomic E-state index is 0.0904. The molecule has 2 nitrogen and oxygen atoms in total. The zero-order valence-electron chi connectivity index (χ0n) is 9.33. The molecule has 1 aliphatic carbocycles. The molecule has 16 heavy (non-hydrogen) atoms. The molecule has 0 radical (unpaired) electrons. The second-order valence-electron chi connectivity index (χ2n) is 4.29. The van der Waals surface area contributed by atoms with Crippen molar-refractivity contribution in [3.05, 3.63) is 34.3 Å². The van der Waals surface area contributed by atoms with Crippen LogP contribution in [0.2, 0.25) is 0 Å². The van der Waals surface area contributed by atoms with E-state index in [1.54, 1.807) is 0 Å². The standard InChI is InChI=1S/C13H15BrO2/c1-16-12(15)13(8-2-3-9-13)10-4-6-11(14)7-5-10/h4-7H,2-3,8-9H2,1H3. The number of hydrogen-bond acceptors (Lipinski definition) is 2. The topological polar surface area (TPSA) is 26.3 Å². The summed E-state index contributed by atoms with van der Waals surface area (Å²) in [5, 5.41) is 0. The predicted octanol–water partition coefficient (Wildman–Crippen LogP) is 3.43. The molecule has 0 spiro atoms. The number of ether oxygens (including phenoxy) is 1. The first-order valence-corrected chi connectivity index (χ1v) is 6.33. The van der Waals surface area contributed by atoms with Crippen molar-refractivity contribution in [3.63, 3.8) is 0 Å². The Balaban J connectivity index is 2.39. The molecule has 0 unspecified atom stereocenters. The summed E-state index contributed by atoms with van der Waals surface area (Å²) in [6, 6.07) is 8.01. The van der Waals surface area contributed by atoms with Crippen LogP contribution in [-0.2, 0) is 14.9 Å². The van der Waals surface area contributed by atoms with Crippen LogP contribution in [0.5, 0.6) is 0 Å². The van der Waals surface area contributed by atoms with Crippen molar-refractivity contribution in [1.82, 2.24) is 0 Å². The summed E-state index contributed by atoms with van der Waals surface area (Å²) in [5.41, 5.74) is 0.690. The van der Waals surface area contributed by atoms with Gasteiger partial charge in [0, 0.05) is 4.47 Å². The average molecular weight is 283 g/mol. The van der Waals surface area contributed by atoms with E-state index in [1.165, 1.54) is 7.11 Å². The molecule has 86 valence electrons. The Labute approximate surface area is 104 Å². The minimum Gasteiger partial charge on any atom is -0.468 e. The van der Waals surface area contributed by atoms with Crippen LogP contribution in [0.25, 0.3) is 0 Å². The van der Waals surface area contributed by atoms with E-state index < -0.39 is 5.41 Å². The van der Waals surface area contributed by atoms with Gasteiger partial charge in [-0.05, 0) is 30.5 Å². The van der Waals surface area contributed by atoms with Gasteiger partial charge >= 0.3 is 5.97 Å². The molecule has 1 aromatic carbocycles.